The SMILES string of the molecule is CCOC(=O)c1nc2cc(OC)ccc2c(=O)[nH]1. The zero-order valence-corrected chi connectivity index (χ0v) is 10.0. The number of nitrogens with one attached hydrogen (secondary N) is 1. The van der Waals surface area contributed by atoms with Gasteiger partial charge in [-0.2, -0.15) is 0 Å². The number of rotatable bonds is 3. The van der Waals surface area contributed by atoms with Crippen LogP contribution in [0.2, 0.25) is 0 Å². The quantitative estimate of drug-likeness (QED) is 0.823. The highest BCUT2D eigenvalue weighted by Gasteiger charge is 2.12. The van der Waals surface area contributed by atoms with E-state index in [9.17, 15) is 9.59 Å². The third kappa shape index (κ3) is 2.17. The number of benzene rings is 1. The van der Waals surface area contributed by atoms with Gasteiger partial charge in [0.05, 0.1) is 24.6 Å². The highest BCUT2D eigenvalue weighted by molar-refractivity contribution is 5.88. The molecule has 1 heterocycles. The molecule has 0 atom stereocenters. The predicted molar refractivity (Wildman–Crippen MR) is 64.9 cm³/mol. The number of methoxy groups -OCH3 is 1. The number of hydrogen-bond acceptors (Lipinski definition) is 5. The summed E-state index contributed by atoms with van der Waals surface area (Å²) >= 11 is 0. The Labute approximate surface area is 103 Å². The molecule has 0 spiro atoms. The topological polar surface area (TPSA) is 81.3 Å². The van der Waals surface area contributed by atoms with Crippen LogP contribution in [0.3, 0.4) is 0 Å². The monoisotopic (exact) mass is 248 g/mol. The molecule has 2 rings (SSSR count). The molecule has 0 saturated heterocycles. The molecule has 0 aliphatic rings. The van der Waals surface area contributed by atoms with Crippen LogP contribution < -0.4 is 10.3 Å². The van der Waals surface area contributed by atoms with Gasteiger partial charge in [0.25, 0.3) is 5.56 Å². The fourth-order valence-electron chi connectivity index (χ4n) is 1.54. The standard InChI is InChI=1S/C12H12N2O4/c1-3-18-12(16)10-13-9-6-7(17-2)4-5-8(9)11(15)14-10/h4-6H,3H2,1-2H3,(H,13,14,15). The normalized spacial score (nSPS) is 10.3. The van der Waals surface area contributed by atoms with Crippen LogP contribution in [-0.2, 0) is 4.74 Å². The zero-order chi connectivity index (χ0) is 13.1. The summed E-state index contributed by atoms with van der Waals surface area (Å²) in [7, 11) is 1.51. The van der Waals surface area contributed by atoms with E-state index in [-0.39, 0.29) is 18.0 Å². The molecule has 0 fully saturated rings. The lowest BCUT2D eigenvalue weighted by molar-refractivity contribution is 0.0512. The largest absolute Gasteiger partial charge is 0.497 e. The fraction of sp³-hybridized carbons (Fsp3) is 0.250. The Balaban J connectivity index is 2.59. The minimum atomic E-state index is -0.653. The molecule has 0 saturated carbocycles. The first kappa shape index (κ1) is 12.1. The van der Waals surface area contributed by atoms with E-state index in [1.807, 2.05) is 0 Å². The van der Waals surface area contributed by atoms with Crippen molar-refractivity contribution in [3.63, 3.8) is 0 Å². The van der Waals surface area contributed by atoms with E-state index < -0.39 is 5.97 Å². The van der Waals surface area contributed by atoms with Crippen molar-refractivity contribution in [2.24, 2.45) is 0 Å². The van der Waals surface area contributed by atoms with Crippen LogP contribution in [0.25, 0.3) is 10.9 Å². The lowest BCUT2D eigenvalue weighted by Crippen LogP contribution is -2.17. The zero-order valence-electron chi connectivity index (χ0n) is 10.0. The molecule has 1 aromatic carbocycles. The lowest BCUT2D eigenvalue weighted by Gasteiger charge is -2.04. The molecule has 0 aliphatic heterocycles. The van der Waals surface area contributed by atoms with Gasteiger partial charge < -0.3 is 14.5 Å². The van der Waals surface area contributed by atoms with Crippen LogP contribution in [0.5, 0.6) is 5.75 Å². The van der Waals surface area contributed by atoms with Gasteiger partial charge in [0.15, 0.2) is 0 Å². The van der Waals surface area contributed by atoms with Crippen LogP contribution in [-0.4, -0.2) is 29.7 Å². The van der Waals surface area contributed by atoms with Gasteiger partial charge in [-0.15, -0.1) is 0 Å². The highest BCUT2D eigenvalue weighted by Crippen LogP contribution is 2.16. The Morgan fingerprint density at radius 2 is 2.22 bits per heavy atom. The van der Waals surface area contributed by atoms with E-state index in [1.165, 1.54) is 7.11 Å². The van der Waals surface area contributed by atoms with E-state index in [0.29, 0.717) is 16.7 Å². The second kappa shape index (κ2) is 4.87. The summed E-state index contributed by atoms with van der Waals surface area (Å²) in [6.45, 7) is 1.90. The maximum absolute atomic E-state index is 11.8. The summed E-state index contributed by atoms with van der Waals surface area (Å²) in [6, 6.07) is 4.84. The lowest BCUT2D eigenvalue weighted by atomic mass is 10.2. The van der Waals surface area contributed by atoms with Crippen LogP contribution in [0.15, 0.2) is 23.0 Å². The molecule has 18 heavy (non-hydrogen) atoms. The predicted octanol–water partition coefficient (Wildman–Crippen LogP) is 1.11. The molecule has 0 amide bonds. The number of carbonyl (C=O) groups is 1. The van der Waals surface area contributed by atoms with Crippen molar-refractivity contribution in [1.29, 1.82) is 0 Å². The summed E-state index contributed by atoms with van der Waals surface area (Å²) in [4.78, 5) is 29.7. The summed E-state index contributed by atoms with van der Waals surface area (Å²) in [5, 5.41) is 0.392. The number of fused-ring (bicyclic) bond motifs is 1. The van der Waals surface area contributed by atoms with Gasteiger partial charge in [0.2, 0.25) is 5.82 Å². The second-order valence-corrected chi connectivity index (χ2v) is 3.52. The number of hydrogen-bond donors (Lipinski definition) is 1. The summed E-state index contributed by atoms with van der Waals surface area (Å²) in [6.07, 6.45) is 0. The smallest absolute Gasteiger partial charge is 0.374 e. The van der Waals surface area contributed by atoms with Gasteiger partial charge in [0.1, 0.15) is 5.75 Å². The number of ether oxygens (including phenoxy) is 2. The summed E-state index contributed by atoms with van der Waals surface area (Å²) in [5.41, 5.74) is 0.00635. The van der Waals surface area contributed by atoms with Crippen LogP contribution in [0, 0.1) is 0 Å². The van der Waals surface area contributed by atoms with Crippen molar-refractivity contribution < 1.29 is 14.3 Å². The molecule has 2 aromatic rings. The van der Waals surface area contributed by atoms with Gasteiger partial charge in [-0.1, -0.05) is 0 Å². The Hall–Kier alpha value is -2.37. The molecule has 0 bridgehead atoms. The number of esters is 1. The molecule has 94 valence electrons. The number of aromatic nitrogens is 2. The number of nitrogens with zero attached hydrogens (tertiary/aromatic N) is 1. The van der Waals surface area contributed by atoms with Crippen molar-refractivity contribution in [2.75, 3.05) is 13.7 Å². The van der Waals surface area contributed by atoms with Crippen LogP contribution in [0.1, 0.15) is 17.5 Å². The van der Waals surface area contributed by atoms with Gasteiger partial charge in [0, 0.05) is 6.07 Å². The van der Waals surface area contributed by atoms with E-state index in [0.717, 1.165) is 0 Å². The number of H-pyrrole nitrogens is 1. The van der Waals surface area contributed by atoms with Gasteiger partial charge in [-0.3, -0.25) is 4.79 Å². The van der Waals surface area contributed by atoms with Crippen LogP contribution in [0.4, 0.5) is 0 Å². The minimum absolute atomic E-state index is 0.109. The Bertz CT molecular complexity index is 648. The number of aromatic amines is 1. The molecule has 0 radical (unpaired) electrons. The fourth-order valence-corrected chi connectivity index (χ4v) is 1.54. The Morgan fingerprint density at radius 3 is 2.89 bits per heavy atom. The molecule has 6 nitrogen and oxygen atoms in total. The highest BCUT2D eigenvalue weighted by atomic mass is 16.5. The van der Waals surface area contributed by atoms with Crippen molar-refractivity contribution >= 4 is 16.9 Å². The molecule has 6 heteroatoms. The summed E-state index contributed by atoms with van der Waals surface area (Å²) < 4.78 is 9.83. The average Bonchev–Trinajstić information content (AvgIpc) is 2.38. The second-order valence-electron chi connectivity index (χ2n) is 3.52. The molecular weight excluding hydrogens is 236 g/mol. The summed E-state index contributed by atoms with van der Waals surface area (Å²) in [5.74, 6) is -0.197. The van der Waals surface area contributed by atoms with Crippen molar-refractivity contribution in [3.05, 3.63) is 34.4 Å². The van der Waals surface area contributed by atoms with Gasteiger partial charge in [-0.05, 0) is 19.1 Å². The molecule has 0 unspecified atom stereocenters. The average molecular weight is 248 g/mol. The van der Waals surface area contributed by atoms with E-state index in [1.54, 1.807) is 25.1 Å². The minimum Gasteiger partial charge on any atom is -0.497 e. The van der Waals surface area contributed by atoms with Gasteiger partial charge >= 0.3 is 5.97 Å². The Morgan fingerprint density at radius 1 is 1.44 bits per heavy atom. The van der Waals surface area contributed by atoms with Crippen molar-refractivity contribution in [3.8, 4) is 5.75 Å². The molecule has 0 aliphatic carbocycles. The first-order valence-corrected chi connectivity index (χ1v) is 5.41. The van der Waals surface area contributed by atoms with E-state index in [2.05, 4.69) is 9.97 Å². The third-order valence-corrected chi connectivity index (χ3v) is 2.38. The van der Waals surface area contributed by atoms with Crippen molar-refractivity contribution in [2.45, 2.75) is 6.92 Å². The van der Waals surface area contributed by atoms with E-state index >= 15 is 0 Å². The van der Waals surface area contributed by atoms with Gasteiger partial charge in [-0.25, -0.2) is 9.78 Å². The van der Waals surface area contributed by atoms with Crippen LogP contribution >= 0.6 is 0 Å². The first-order chi connectivity index (χ1) is 8.65. The maximum Gasteiger partial charge on any atom is 0.374 e. The van der Waals surface area contributed by atoms with Crippen molar-refractivity contribution in [1.82, 2.24) is 9.97 Å². The maximum atomic E-state index is 11.8. The number of carbonyl (C=O) groups excluding carboxylic acids is 1. The third-order valence-electron chi connectivity index (χ3n) is 2.38. The van der Waals surface area contributed by atoms with E-state index in [4.69, 9.17) is 9.47 Å². The molecule has 1 N–H and O–H groups in total. The molecular formula is C12H12N2O4. The first-order valence-electron chi connectivity index (χ1n) is 5.41. The Kier molecular flexibility index (Phi) is 3.27. The molecule has 1 aromatic heterocycles.